The third-order valence-electron chi connectivity index (χ3n) is 6.75. The summed E-state index contributed by atoms with van der Waals surface area (Å²) in [4.78, 5) is 13.8. The molecule has 38 heavy (non-hydrogen) atoms. The van der Waals surface area contributed by atoms with Crippen LogP contribution < -0.4 is 0 Å². The monoisotopic (exact) mass is 505 g/mol. The van der Waals surface area contributed by atoms with Gasteiger partial charge in [-0.15, -0.1) is 0 Å². The van der Waals surface area contributed by atoms with Crippen molar-refractivity contribution in [3.8, 4) is 33.5 Å². The number of nitrogens with zero attached hydrogens (tertiary/aromatic N) is 3. The molecule has 3 nitrogen and oxygen atoms in total. The molecular weight excluding hydrogens is 483 g/mol. The van der Waals surface area contributed by atoms with Crippen LogP contribution in [-0.2, 0) is 12.6 Å². The summed E-state index contributed by atoms with van der Waals surface area (Å²) in [5.74, 6) is 0. The molecule has 0 amide bonds. The summed E-state index contributed by atoms with van der Waals surface area (Å²) in [6.45, 7) is 1.85. The fraction of sp³-hybridized carbons (Fsp3) is 0.0938. The van der Waals surface area contributed by atoms with Crippen molar-refractivity contribution in [1.82, 2.24) is 15.0 Å². The third kappa shape index (κ3) is 4.50. The number of hydrogen-bond acceptors (Lipinski definition) is 3. The third-order valence-corrected chi connectivity index (χ3v) is 6.75. The number of benzene rings is 3. The molecule has 3 heterocycles. The molecular formula is C32H22F3N3. The van der Waals surface area contributed by atoms with E-state index in [0.29, 0.717) is 28.6 Å². The Bertz CT molecular complexity index is 1790. The van der Waals surface area contributed by atoms with Gasteiger partial charge in [-0.2, -0.15) is 13.2 Å². The Balaban J connectivity index is 1.33. The summed E-state index contributed by atoms with van der Waals surface area (Å²) in [5.41, 5.74) is 6.51. The maximum atomic E-state index is 13.4. The van der Waals surface area contributed by atoms with Crippen molar-refractivity contribution in [2.45, 2.75) is 19.5 Å². The van der Waals surface area contributed by atoms with Gasteiger partial charge in [0.05, 0.1) is 22.3 Å². The van der Waals surface area contributed by atoms with E-state index in [9.17, 15) is 13.2 Å². The lowest BCUT2D eigenvalue weighted by atomic mass is 9.97. The summed E-state index contributed by atoms with van der Waals surface area (Å²) >= 11 is 0. The lowest BCUT2D eigenvalue weighted by Gasteiger charge is -2.12. The van der Waals surface area contributed by atoms with Gasteiger partial charge >= 0.3 is 6.18 Å². The molecule has 6 rings (SSSR count). The van der Waals surface area contributed by atoms with Crippen LogP contribution in [0.25, 0.3) is 55.3 Å². The highest BCUT2D eigenvalue weighted by molar-refractivity contribution is 5.93. The summed E-state index contributed by atoms with van der Waals surface area (Å²) < 4.78 is 40.3. The van der Waals surface area contributed by atoms with E-state index >= 15 is 0 Å². The van der Waals surface area contributed by atoms with Crippen molar-refractivity contribution in [1.29, 1.82) is 0 Å². The van der Waals surface area contributed by atoms with Crippen LogP contribution in [-0.4, -0.2) is 15.0 Å². The van der Waals surface area contributed by atoms with Crippen molar-refractivity contribution in [2.24, 2.45) is 0 Å². The molecule has 0 spiro atoms. The van der Waals surface area contributed by atoms with E-state index in [2.05, 4.69) is 9.97 Å². The van der Waals surface area contributed by atoms with Crippen LogP contribution in [0.2, 0.25) is 0 Å². The number of alkyl halides is 3. The fourth-order valence-corrected chi connectivity index (χ4v) is 4.72. The number of halogens is 3. The zero-order chi connectivity index (χ0) is 26.3. The normalized spacial score (nSPS) is 11.8. The minimum absolute atomic E-state index is 0.524. The van der Waals surface area contributed by atoms with Crippen molar-refractivity contribution in [3.05, 3.63) is 115 Å². The molecule has 0 radical (unpaired) electrons. The van der Waals surface area contributed by atoms with E-state index in [-0.39, 0.29) is 0 Å². The molecule has 0 saturated heterocycles. The molecule has 6 aromatic rings. The highest BCUT2D eigenvalue weighted by Crippen LogP contribution is 2.35. The van der Waals surface area contributed by atoms with E-state index in [0.717, 1.165) is 38.7 Å². The number of pyridine rings is 3. The van der Waals surface area contributed by atoms with Gasteiger partial charge in [0.25, 0.3) is 0 Å². The second-order valence-electron chi connectivity index (χ2n) is 9.21. The van der Waals surface area contributed by atoms with Gasteiger partial charge in [0.15, 0.2) is 0 Å². The van der Waals surface area contributed by atoms with Crippen LogP contribution in [0, 0.1) is 0 Å². The first-order valence-corrected chi connectivity index (χ1v) is 12.3. The second-order valence-corrected chi connectivity index (χ2v) is 9.21. The Labute approximate surface area is 217 Å². The zero-order valence-electron chi connectivity index (χ0n) is 20.5. The topological polar surface area (TPSA) is 38.7 Å². The number of aryl methyl sites for hydroxylation is 1. The van der Waals surface area contributed by atoms with Crippen LogP contribution in [0.3, 0.4) is 0 Å². The van der Waals surface area contributed by atoms with Gasteiger partial charge in [0.1, 0.15) is 0 Å². The van der Waals surface area contributed by atoms with Crippen molar-refractivity contribution in [2.75, 3.05) is 0 Å². The number of para-hydroxylation sites is 1. The van der Waals surface area contributed by atoms with Gasteiger partial charge in [0.2, 0.25) is 0 Å². The predicted octanol–water partition coefficient (Wildman–Crippen LogP) is 8.76. The molecule has 0 aliphatic heterocycles. The van der Waals surface area contributed by atoms with E-state index in [1.807, 2.05) is 85.9 Å². The number of rotatable bonds is 4. The Hall–Kier alpha value is -4.58. The van der Waals surface area contributed by atoms with Crippen molar-refractivity contribution in [3.63, 3.8) is 0 Å². The molecule has 0 saturated carbocycles. The van der Waals surface area contributed by atoms with Gasteiger partial charge in [0, 0.05) is 46.1 Å². The molecule has 0 bridgehead atoms. The standard InChI is InChI=1S/C32H22F3N3/c1-2-20-13-25(16-27(14-20)32(33,34)35)22-8-9-23-15-26(19-38-30(23)17-22)24-10-11-29(37-18-24)28-7-3-5-21-6-4-12-36-31(21)28/h3-19H,2H2,1H3. The minimum atomic E-state index is -4.39. The molecule has 3 aromatic carbocycles. The van der Waals surface area contributed by atoms with Gasteiger partial charge in [-0.1, -0.05) is 55.5 Å². The average molecular weight is 506 g/mol. The maximum Gasteiger partial charge on any atom is 0.416 e. The first kappa shape index (κ1) is 23.8. The van der Waals surface area contributed by atoms with Crippen LogP contribution in [0.4, 0.5) is 13.2 Å². The van der Waals surface area contributed by atoms with Crippen LogP contribution in [0.5, 0.6) is 0 Å². The predicted molar refractivity (Wildman–Crippen MR) is 146 cm³/mol. The molecule has 186 valence electrons. The Kier molecular flexibility index (Phi) is 5.87. The fourth-order valence-electron chi connectivity index (χ4n) is 4.72. The SMILES string of the molecule is CCc1cc(-c2ccc3cc(-c4ccc(-c5cccc6cccnc56)nc4)cnc3c2)cc(C(F)(F)F)c1. The number of aromatic nitrogens is 3. The summed E-state index contributed by atoms with van der Waals surface area (Å²) in [5, 5.41) is 1.96. The molecule has 6 heteroatoms. The van der Waals surface area contributed by atoms with Crippen molar-refractivity contribution >= 4 is 21.8 Å². The molecule has 0 atom stereocenters. The average Bonchev–Trinajstić information content (AvgIpc) is 2.95. The number of hydrogen-bond donors (Lipinski definition) is 0. The Morgan fingerprint density at radius 1 is 0.658 bits per heavy atom. The number of fused-ring (bicyclic) bond motifs is 2. The highest BCUT2D eigenvalue weighted by Gasteiger charge is 2.31. The van der Waals surface area contributed by atoms with E-state index < -0.39 is 11.7 Å². The van der Waals surface area contributed by atoms with E-state index in [1.54, 1.807) is 12.4 Å². The second kappa shape index (κ2) is 9.38. The lowest BCUT2D eigenvalue weighted by Crippen LogP contribution is -2.06. The van der Waals surface area contributed by atoms with Gasteiger partial charge in [-0.05, 0) is 59.5 Å². The van der Waals surface area contributed by atoms with E-state index in [4.69, 9.17) is 4.98 Å². The van der Waals surface area contributed by atoms with E-state index in [1.165, 1.54) is 12.1 Å². The maximum absolute atomic E-state index is 13.4. The molecule has 0 aliphatic carbocycles. The van der Waals surface area contributed by atoms with Gasteiger partial charge in [-0.25, -0.2) is 0 Å². The quantitative estimate of drug-likeness (QED) is 0.240. The first-order chi connectivity index (χ1) is 18.4. The smallest absolute Gasteiger partial charge is 0.256 e. The summed E-state index contributed by atoms with van der Waals surface area (Å²) in [6.07, 6.45) is 1.50. The summed E-state index contributed by atoms with van der Waals surface area (Å²) in [7, 11) is 0. The Morgan fingerprint density at radius 3 is 2.26 bits per heavy atom. The largest absolute Gasteiger partial charge is 0.416 e. The van der Waals surface area contributed by atoms with Crippen LogP contribution in [0.15, 0.2) is 104 Å². The molecule has 0 unspecified atom stereocenters. The molecule has 0 fully saturated rings. The van der Waals surface area contributed by atoms with Crippen LogP contribution in [0.1, 0.15) is 18.1 Å². The Morgan fingerprint density at radius 2 is 1.47 bits per heavy atom. The first-order valence-electron chi connectivity index (χ1n) is 12.3. The highest BCUT2D eigenvalue weighted by atomic mass is 19.4. The minimum Gasteiger partial charge on any atom is -0.256 e. The van der Waals surface area contributed by atoms with Crippen LogP contribution >= 0.6 is 0 Å². The van der Waals surface area contributed by atoms with Crippen molar-refractivity contribution < 1.29 is 13.2 Å². The molecule has 3 aromatic heterocycles. The zero-order valence-corrected chi connectivity index (χ0v) is 20.5. The molecule has 0 N–H and O–H groups in total. The van der Waals surface area contributed by atoms with Gasteiger partial charge < -0.3 is 0 Å². The summed E-state index contributed by atoms with van der Waals surface area (Å²) in [6, 6.07) is 25.8. The molecule has 0 aliphatic rings. The lowest BCUT2D eigenvalue weighted by molar-refractivity contribution is -0.137. The van der Waals surface area contributed by atoms with Gasteiger partial charge in [-0.3, -0.25) is 15.0 Å².